The summed E-state index contributed by atoms with van der Waals surface area (Å²) in [6, 6.07) is 0. The van der Waals surface area contributed by atoms with Gasteiger partial charge in [0, 0.05) is 33.8 Å². The highest BCUT2D eigenvalue weighted by Crippen LogP contribution is 2.14. The number of nitrogens with zero attached hydrogens (tertiary/aromatic N) is 2. The fourth-order valence-electron chi connectivity index (χ4n) is 2.34. The second kappa shape index (κ2) is 11.7. The predicted molar refractivity (Wildman–Crippen MR) is 91.5 cm³/mol. The van der Waals surface area contributed by atoms with Gasteiger partial charge < -0.3 is 20.3 Å². The second-order valence-electron chi connectivity index (χ2n) is 4.77. The molecule has 0 amide bonds. The molecule has 1 saturated heterocycles. The second-order valence-corrected chi connectivity index (χ2v) is 4.77. The molecule has 0 aliphatic carbocycles. The fraction of sp³-hybridized carbons (Fsp3) is 0.923. The summed E-state index contributed by atoms with van der Waals surface area (Å²) in [5.74, 6) is 1.61. The summed E-state index contributed by atoms with van der Waals surface area (Å²) in [6.07, 6.45) is 2.63. The van der Waals surface area contributed by atoms with Crippen LogP contribution >= 0.6 is 24.0 Å². The topological polar surface area (TPSA) is 48.9 Å². The van der Waals surface area contributed by atoms with Gasteiger partial charge in [0.2, 0.25) is 0 Å². The molecular formula is C13H29IN4O. The van der Waals surface area contributed by atoms with Crippen molar-refractivity contribution in [3.05, 3.63) is 0 Å². The normalized spacial score (nSPS) is 20.8. The summed E-state index contributed by atoms with van der Waals surface area (Å²) in [6.45, 7) is 8.36. The molecule has 1 atom stereocenters. The first-order valence-corrected chi connectivity index (χ1v) is 6.96. The summed E-state index contributed by atoms with van der Waals surface area (Å²) in [5, 5.41) is 6.63. The van der Waals surface area contributed by atoms with E-state index in [1.165, 1.54) is 25.9 Å². The number of guanidine groups is 1. The standard InChI is InChI=1S/C13H28N4O.HI/c1-4-17-8-5-6-12(11-17)10-16-13(14-2)15-7-9-18-3;/h12H,4-11H2,1-3H3,(H2,14,15,16);1H. The lowest BCUT2D eigenvalue weighted by molar-refractivity contribution is 0.183. The third kappa shape index (κ3) is 7.94. The molecule has 0 radical (unpaired) electrons. The molecule has 0 aromatic rings. The van der Waals surface area contributed by atoms with Gasteiger partial charge in [-0.2, -0.15) is 0 Å². The lowest BCUT2D eigenvalue weighted by Crippen LogP contribution is -2.44. The van der Waals surface area contributed by atoms with Crippen LogP contribution < -0.4 is 10.6 Å². The summed E-state index contributed by atoms with van der Waals surface area (Å²) < 4.78 is 5.01. The van der Waals surface area contributed by atoms with Crippen LogP contribution in [0.1, 0.15) is 19.8 Å². The van der Waals surface area contributed by atoms with Crippen molar-refractivity contribution in [1.82, 2.24) is 15.5 Å². The van der Waals surface area contributed by atoms with Crippen LogP contribution in [-0.4, -0.2) is 64.3 Å². The number of piperidine rings is 1. The highest BCUT2D eigenvalue weighted by atomic mass is 127. The molecule has 1 fully saturated rings. The molecule has 1 aliphatic heterocycles. The van der Waals surface area contributed by atoms with Crippen molar-refractivity contribution in [2.24, 2.45) is 10.9 Å². The number of halogens is 1. The van der Waals surface area contributed by atoms with Crippen LogP contribution in [0.3, 0.4) is 0 Å². The Morgan fingerprint density at radius 3 is 2.84 bits per heavy atom. The van der Waals surface area contributed by atoms with E-state index < -0.39 is 0 Å². The van der Waals surface area contributed by atoms with E-state index in [2.05, 4.69) is 27.4 Å². The van der Waals surface area contributed by atoms with E-state index in [1.807, 2.05) is 0 Å². The van der Waals surface area contributed by atoms with Gasteiger partial charge in [-0.1, -0.05) is 6.92 Å². The van der Waals surface area contributed by atoms with Gasteiger partial charge in [0.25, 0.3) is 0 Å². The van der Waals surface area contributed by atoms with Crippen molar-refractivity contribution in [1.29, 1.82) is 0 Å². The number of likely N-dealkylation sites (tertiary alicyclic amines) is 1. The largest absolute Gasteiger partial charge is 0.383 e. The first kappa shape index (κ1) is 18.9. The van der Waals surface area contributed by atoms with Gasteiger partial charge in [0.05, 0.1) is 6.61 Å². The molecule has 0 aromatic carbocycles. The average molecular weight is 384 g/mol. The Balaban J connectivity index is 0.00000324. The Morgan fingerprint density at radius 2 is 2.21 bits per heavy atom. The van der Waals surface area contributed by atoms with Gasteiger partial charge in [-0.3, -0.25) is 4.99 Å². The number of hydrogen-bond donors (Lipinski definition) is 2. The number of aliphatic imine (C=N–C) groups is 1. The Bertz CT molecular complexity index is 251. The van der Waals surface area contributed by atoms with E-state index in [1.54, 1.807) is 14.2 Å². The van der Waals surface area contributed by atoms with E-state index in [4.69, 9.17) is 4.74 Å². The molecule has 19 heavy (non-hydrogen) atoms. The molecule has 0 bridgehead atoms. The smallest absolute Gasteiger partial charge is 0.191 e. The van der Waals surface area contributed by atoms with Crippen molar-refractivity contribution in [2.45, 2.75) is 19.8 Å². The SMILES string of the molecule is CCN1CCCC(CNC(=NC)NCCOC)C1.I. The maximum atomic E-state index is 5.01. The lowest BCUT2D eigenvalue weighted by Gasteiger charge is -2.32. The molecule has 0 aromatic heterocycles. The van der Waals surface area contributed by atoms with Crippen LogP contribution in [0.4, 0.5) is 0 Å². The van der Waals surface area contributed by atoms with Gasteiger partial charge in [-0.05, 0) is 31.8 Å². The minimum atomic E-state index is 0. The van der Waals surface area contributed by atoms with Crippen molar-refractivity contribution in [3.8, 4) is 0 Å². The van der Waals surface area contributed by atoms with Crippen LogP contribution in [0.15, 0.2) is 4.99 Å². The third-order valence-electron chi connectivity index (χ3n) is 3.43. The molecule has 1 rings (SSSR count). The maximum absolute atomic E-state index is 5.01. The summed E-state index contributed by atoms with van der Waals surface area (Å²) in [5.41, 5.74) is 0. The molecule has 5 nitrogen and oxygen atoms in total. The van der Waals surface area contributed by atoms with Gasteiger partial charge >= 0.3 is 0 Å². The Morgan fingerprint density at radius 1 is 1.42 bits per heavy atom. The summed E-state index contributed by atoms with van der Waals surface area (Å²) in [7, 11) is 3.51. The van der Waals surface area contributed by atoms with Crippen molar-refractivity contribution in [3.63, 3.8) is 0 Å². The Kier molecular flexibility index (Phi) is 11.7. The fourth-order valence-corrected chi connectivity index (χ4v) is 2.34. The number of rotatable bonds is 6. The number of hydrogen-bond acceptors (Lipinski definition) is 3. The Labute approximate surface area is 134 Å². The third-order valence-corrected chi connectivity index (χ3v) is 3.43. The minimum Gasteiger partial charge on any atom is -0.383 e. The van der Waals surface area contributed by atoms with Crippen LogP contribution in [0.2, 0.25) is 0 Å². The molecule has 0 saturated carbocycles. The van der Waals surface area contributed by atoms with E-state index in [0.717, 1.165) is 31.5 Å². The van der Waals surface area contributed by atoms with E-state index in [0.29, 0.717) is 6.61 Å². The zero-order valence-electron chi connectivity index (χ0n) is 12.4. The first-order valence-electron chi connectivity index (χ1n) is 6.96. The predicted octanol–water partition coefficient (Wildman–Crippen LogP) is 1.15. The van der Waals surface area contributed by atoms with Gasteiger partial charge in [-0.25, -0.2) is 0 Å². The molecule has 114 valence electrons. The molecular weight excluding hydrogens is 355 g/mol. The van der Waals surface area contributed by atoms with Gasteiger partial charge in [0.1, 0.15) is 0 Å². The number of methoxy groups -OCH3 is 1. The quantitative estimate of drug-likeness (QED) is 0.312. The molecule has 1 unspecified atom stereocenters. The zero-order chi connectivity index (χ0) is 13.2. The van der Waals surface area contributed by atoms with Gasteiger partial charge in [0.15, 0.2) is 5.96 Å². The van der Waals surface area contributed by atoms with Gasteiger partial charge in [-0.15, -0.1) is 24.0 Å². The number of nitrogens with one attached hydrogen (secondary N) is 2. The highest BCUT2D eigenvalue weighted by Gasteiger charge is 2.18. The molecule has 1 heterocycles. The minimum absolute atomic E-state index is 0. The van der Waals surface area contributed by atoms with Crippen LogP contribution in [0.25, 0.3) is 0 Å². The van der Waals surface area contributed by atoms with E-state index in [9.17, 15) is 0 Å². The van der Waals surface area contributed by atoms with Crippen LogP contribution in [0, 0.1) is 5.92 Å². The molecule has 1 aliphatic rings. The highest BCUT2D eigenvalue weighted by molar-refractivity contribution is 14.0. The monoisotopic (exact) mass is 384 g/mol. The van der Waals surface area contributed by atoms with Crippen molar-refractivity contribution < 1.29 is 4.74 Å². The van der Waals surface area contributed by atoms with Crippen molar-refractivity contribution >= 4 is 29.9 Å². The molecule has 6 heteroatoms. The molecule has 2 N–H and O–H groups in total. The maximum Gasteiger partial charge on any atom is 0.191 e. The Hall–Kier alpha value is -0.0800. The summed E-state index contributed by atoms with van der Waals surface area (Å²) in [4.78, 5) is 6.73. The average Bonchev–Trinajstić information content (AvgIpc) is 2.43. The van der Waals surface area contributed by atoms with Crippen LogP contribution in [0.5, 0.6) is 0 Å². The van der Waals surface area contributed by atoms with E-state index in [-0.39, 0.29) is 24.0 Å². The number of ether oxygens (including phenoxy) is 1. The van der Waals surface area contributed by atoms with E-state index >= 15 is 0 Å². The first-order chi connectivity index (χ1) is 8.80. The van der Waals surface area contributed by atoms with Crippen molar-refractivity contribution in [2.75, 3.05) is 53.5 Å². The lowest BCUT2D eigenvalue weighted by atomic mass is 9.98. The summed E-state index contributed by atoms with van der Waals surface area (Å²) >= 11 is 0. The zero-order valence-corrected chi connectivity index (χ0v) is 14.8. The molecule has 0 spiro atoms. The van der Waals surface area contributed by atoms with Crippen LogP contribution in [-0.2, 0) is 4.74 Å².